The van der Waals surface area contributed by atoms with Crippen LogP contribution in [0.15, 0.2) is 107 Å². The number of hydrogen-bond donors (Lipinski definition) is 2. The zero-order chi connectivity index (χ0) is 22.6. The standard InChI is InChI=1S/C26H23N3O2S/c1-20(11-8-9-14-21-12-4-2-5-13-21)28-29-26(31)24(19-23-17-10-18-32-23)27-25(30)22-15-6-3-7-16-22/h2-19H,1H3,(H,27,30)(H,29,31)/b11-8+,14-9+,24-19+,28-20+. The molecule has 0 unspecified atom stereocenters. The molecule has 0 radical (unpaired) electrons. The molecular formula is C26H23N3O2S. The van der Waals surface area contributed by atoms with Crippen molar-refractivity contribution in [1.82, 2.24) is 10.7 Å². The van der Waals surface area contributed by atoms with Crippen molar-refractivity contribution in [3.63, 3.8) is 0 Å². The molecule has 32 heavy (non-hydrogen) atoms. The monoisotopic (exact) mass is 441 g/mol. The van der Waals surface area contributed by atoms with Gasteiger partial charge in [0.1, 0.15) is 5.70 Å². The lowest BCUT2D eigenvalue weighted by Gasteiger charge is -2.09. The fraction of sp³-hybridized carbons (Fsp3) is 0.0385. The number of nitrogens with zero attached hydrogens (tertiary/aromatic N) is 1. The topological polar surface area (TPSA) is 70.6 Å². The van der Waals surface area contributed by atoms with E-state index in [1.54, 1.807) is 43.3 Å². The minimum absolute atomic E-state index is 0.116. The van der Waals surface area contributed by atoms with Crippen LogP contribution in [0.25, 0.3) is 12.2 Å². The molecule has 1 aromatic heterocycles. The summed E-state index contributed by atoms with van der Waals surface area (Å²) in [7, 11) is 0. The van der Waals surface area contributed by atoms with Gasteiger partial charge in [-0.15, -0.1) is 11.3 Å². The van der Waals surface area contributed by atoms with E-state index in [9.17, 15) is 9.59 Å². The molecule has 0 aliphatic heterocycles. The third kappa shape index (κ3) is 7.34. The van der Waals surface area contributed by atoms with Gasteiger partial charge < -0.3 is 5.32 Å². The van der Waals surface area contributed by atoms with Gasteiger partial charge >= 0.3 is 0 Å². The molecule has 2 amide bonds. The maximum absolute atomic E-state index is 12.7. The van der Waals surface area contributed by atoms with Gasteiger partial charge in [0, 0.05) is 10.4 Å². The quantitative estimate of drug-likeness (QED) is 0.216. The van der Waals surface area contributed by atoms with E-state index in [0.717, 1.165) is 10.4 Å². The molecule has 5 nitrogen and oxygen atoms in total. The normalized spacial score (nSPS) is 12.3. The molecule has 0 bridgehead atoms. The Morgan fingerprint density at radius 1 is 0.906 bits per heavy atom. The van der Waals surface area contributed by atoms with Crippen molar-refractivity contribution >= 4 is 41.0 Å². The van der Waals surface area contributed by atoms with Gasteiger partial charge in [0.05, 0.1) is 5.71 Å². The summed E-state index contributed by atoms with van der Waals surface area (Å²) in [4.78, 5) is 26.1. The summed E-state index contributed by atoms with van der Waals surface area (Å²) in [5.41, 5.74) is 4.79. The maximum atomic E-state index is 12.7. The van der Waals surface area contributed by atoms with Crippen LogP contribution in [-0.2, 0) is 4.79 Å². The smallest absolute Gasteiger partial charge is 0.287 e. The zero-order valence-electron chi connectivity index (χ0n) is 17.6. The van der Waals surface area contributed by atoms with Crippen molar-refractivity contribution in [1.29, 1.82) is 0 Å². The van der Waals surface area contributed by atoms with Gasteiger partial charge in [-0.2, -0.15) is 5.10 Å². The molecule has 2 aromatic carbocycles. The first-order chi connectivity index (χ1) is 15.6. The van der Waals surface area contributed by atoms with E-state index < -0.39 is 5.91 Å². The molecule has 6 heteroatoms. The molecule has 0 spiro atoms. The lowest BCUT2D eigenvalue weighted by atomic mass is 10.2. The van der Waals surface area contributed by atoms with Crippen LogP contribution in [-0.4, -0.2) is 17.5 Å². The predicted molar refractivity (Wildman–Crippen MR) is 132 cm³/mol. The highest BCUT2D eigenvalue weighted by molar-refractivity contribution is 7.10. The third-order valence-electron chi connectivity index (χ3n) is 4.23. The van der Waals surface area contributed by atoms with Crippen molar-refractivity contribution in [3.05, 3.63) is 118 Å². The van der Waals surface area contributed by atoms with Gasteiger partial charge in [-0.1, -0.05) is 72.8 Å². The number of benzene rings is 2. The zero-order valence-corrected chi connectivity index (χ0v) is 18.4. The highest BCUT2D eigenvalue weighted by Crippen LogP contribution is 2.13. The molecular weight excluding hydrogens is 418 g/mol. The van der Waals surface area contributed by atoms with Gasteiger partial charge in [0.2, 0.25) is 0 Å². The molecule has 0 aliphatic carbocycles. The average Bonchev–Trinajstić information content (AvgIpc) is 3.34. The van der Waals surface area contributed by atoms with Crippen LogP contribution >= 0.6 is 11.3 Å². The number of carbonyl (C=O) groups excluding carboxylic acids is 2. The van der Waals surface area contributed by atoms with Gasteiger partial charge in [-0.05, 0) is 48.2 Å². The van der Waals surface area contributed by atoms with Gasteiger partial charge in [-0.3, -0.25) is 9.59 Å². The Hall–Kier alpha value is -4.03. The summed E-state index contributed by atoms with van der Waals surface area (Å²) in [5, 5.41) is 8.69. The summed E-state index contributed by atoms with van der Waals surface area (Å²) >= 11 is 1.47. The minimum atomic E-state index is -0.504. The molecule has 0 fully saturated rings. The summed E-state index contributed by atoms with van der Waals surface area (Å²) in [5.74, 6) is -0.870. The lowest BCUT2D eigenvalue weighted by Crippen LogP contribution is -2.33. The number of nitrogens with one attached hydrogen (secondary N) is 2. The van der Waals surface area contributed by atoms with Crippen LogP contribution in [0.2, 0.25) is 0 Å². The van der Waals surface area contributed by atoms with Crippen molar-refractivity contribution in [3.8, 4) is 0 Å². The first kappa shape index (κ1) is 22.7. The van der Waals surface area contributed by atoms with Crippen LogP contribution < -0.4 is 10.7 Å². The van der Waals surface area contributed by atoms with E-state index in [2.05, 4.69) is 15.8 Å². The summed E-state index contributed by atoms with van der Waals surface area (Å²) in [6.45, 7) is 1.78. The van der Waals surface area contributed by atoms with Gasteiger partial charge in [0.15, 0.2) is 0 Å². The van der Waals surface area contributed by atoms with Crippen LogP contribution in [0.5, 0.6) is 0 Å². The Balaban J connectivity index is 1.66. The average molecular weight is 442 g/mol. The fourth-order valence-corrected chi connectivity index (χ4v) is 3.28. The second-order valence-electron chi connectivity index (χ2n) is 6.72. The van der Waals surface area contributed by atoms with E-state index in [-0.39, 0.29) is 11.6 Å². The second-order valence-corrected chi connectivity index (χ2v) is 7.70. The van der Waals surface area contributed by atoms with Crippen molar-refractivity contribution in [2.45, 2.75) is 6.92 Å². The van der Waals surface area contributed by atoms with E-state index >= 15 is 0 Å². The highest BCUT2D eigenvalue weighted by Gasteiger charge is 2.14. The Morgan fingerprint density at radius 3 is 2.31 bits per heavy atom. The van der Waals surface area contributed by atoms with E-state index in [4.69, 9.17) is 0 Å². The number of thiophene rings is 1. The molecule has 3 aromatic rings. The number of hydrogen-bond acceptors (Lipinski definition) is 4. The van der Waals surface area contributed by atoms with Gasteiger partial charge in [0.25, 0.3) is 11.8 Å². The van der Waals surface area contributed by atoms with Crippen molar-refractivity contribution in [2.24, 2.45) is 5.10 Å². The highest BCUT2D eigenvalue weighted by atomic mass is 32.1. The molecule has 2 N–H and O–H groups in total. The molecule has 1 heterocycles. The number of hydrazone groups is 1. The van der Waals surface area contributed by atoms with Crippen molar-refractivity contribution < 1.29 is 9.59 Å². The van der Waals surface area contributed by atoms with E-state index in [1.807, 2.05) is 72.1 Å². The van der Waals surface area contributed by atoms with Crippen LogP contribution in [0, 0.1) is 0 Å². The third-order valence-corrected chi connectivity index (χ3v) is 5.05. The Labute approximate surface area is 191 Å². The summed E-state index contributed by atoms with van der Waals surface area (Å²) < 4.78 is 0. The molecule has 0 aliphatic rings. The van der Waals surface area contributed by atoms with Crippen LogP contribution in [0.3, 0.4) is 0 Å². The number of allylic oxidation sites excluding steroid dienone is 3. The Kier molecular flexibility index (Phi) is 8.48. The van der Waals surface area contributed by atoms with Crippen LogP contribution in [0.4, 0.5) is 0 Å². The van der Waals surface area contributed by atoms with E-state index in [0.29, 0.717) is 11.3 Å². The SMILES string of the molecule is CC(/C=C/C=C/c1ccccc1)=N\NC(=O)/C(=C\c1cccs1)NC(=O)c1ccccc1. The maximum Gasteiger partial charge on any atom is 0.287 e. The van der Waals surface area contributed by atoms with E-state index in [1.165, 1.54) is 11.3 Å². The first-order valence-corrected chi connectivity index (χ1v) is 10.9. The number of amides is 2. The molecule has 0 saturated carbocycles. The molecule has 3 rings (SSSR count). The minimum Gasteiger partial charge on any atom is -0.317 e. The number of carbonyl (C=O) groups is 2. The largest absolute Gasteiger partial charge is 0.317 e. The number of rotatable bonds is 8. The second kappa shape index (κ2) is 12.0. The first-order valence-electron chi connectivity index (χ1n) is 9.98. The molecule has 0 saturated heterocycles. The molecule has 0 atom stereocenters. The fourth-order valence-electron chi connectivity index (χ4n) is 2.62. The van der Waals surface area contributed by atoms with Crippen molar-refractivity contribution in [2.75, 3.05) is 0 Å². The van der Waals surface area contributed by atoms with Crippen LogP contribution in [0.1, 0.15) is 27.7 Å². The lowest BCUT2D eigenvalue weighted by molar-refractivity contribution is -0.117. The van der Waals surface area contributed by atoms with Gasteiger partial charge in [-0.25, -0.2) is 5.43 Å². The summed E-state index contributed by atoms with van der Waals surface area (Å²) in [6, 6.07) is 22.4. The summed E-state index contributed by atoms with van der Waals surface area (Å²) in [6.07, 6.45) is 9.13. The Bertz CT molecular complexity index is 1150. The predicted octanol–water partition coefficient (Wildman–Crippen LogP) is 5.28. The molecule has 160 valence electrons. The Morgan fingerprint density at radius 2 is 1.62 bits per heavy atom.